The van der Waals surface area contributed by atoms with Crippen molar-refractivity contribution in [1.82, 2.24) is 15.0 Å². The fourth-order valence-electron chi connectivity index (χ4n) is 4.13. The minimum absolute atomic E-state index is 0.120. The van der Waals surface area contributed by atoms with Crippen LogP contribution in [0.15, 0.2) is 24.5 Å². The number of nitrogens with zero attached hydrogens (tertiary/aromatic N) is 3. The summed E-state index contributed by atoms with van der Waals surface area (Å²) >= 11 is 0. The first-order chi connectivity index (χ1) is 11.8. The van der Waals surface area contributed by atoms with Gasteiger partial charge in [0.1, 0.15) is 5.82 Å². The molecule has 0 bridgehead atoms. The maximum Gasteiger partial charge on any atom is 0.161 e. The summed E-state index contributed by atoms with van der Waals surface area (Å²) in [5, 5.41) is 3.71. The molecule has 0 saturated carbocycles. The fraction of sp³-hybridized carbons (Fsp3) is 0.550. The molecular formula is C20H26N4O. The van der Waals surface area contributed by atoms with Gasteiger partial charge in [0.25, 0.3) is 0 Å². The number of fused-ring (bicyclic) bond motifs is 1. The van der Waals surface area contributed by atoms with Gasteiger partial charge in [-0.05, 0) is 65.5 Å². The van der Waals surface area contributed by atoms with Crippen molar-refractivity contribution in [3.63, 3.8) is 0 Å². The normalized spacial score (nSPS) is 23.4. The van der Waals surface area contributed by atoms with E-state index in [2.05, 4.69) is 38.0 Å². The van der Waals surface area contributed by atoms with Crippen molar-refractivity contribution in [3.8, 4) is 11.4 Å². The molecule has 1 unspecified atom stereocenters. The number of nitrogens with one attached hydrogen (secondary N) is 1. The van der Waals surface area contributed by atoms with Gasteiger partial charge in [0.15, 0.2) is 5.82 Å². The van der Waals surface area contributed by atoms with Crippen LogP contribution in [-0.4, -0.2) is 32.2 Å². The molecule has 5 nitrogen and oxygen atoms in total. The average Bonchev–Trinajstić information content (AvgIpc) is 3.09. The van der Waals surface area contributed by atoms with E-state index in [-0.39, 0.29) is 17.2 Å². The number of aromatic nitrogens is 3. The molecule has 1 aliphatic carbocycles. The molecule has 4 rings (SSSR count). The van der Waals surface area contributed by atoms with Gasteiger partial charge in [-0.1, -0.05) is 0 Å². The van der Waals surface area contributed by atoms with Crippen LogP contribution in [0.25, 0.3) is 11.4 Å². The van der Waals surface area contributed by atoms with Crippen molar-refractivity contribution in [2.45, 2.75) is 70.6 Å². The Morgan fingerprint density at radius 1 is 1.08 bits per heavy atom. The Morgan fingerprint density at radius 3 is 2.52 bits per heavy atom. The molecule has 0 aromatic carbocycles. The Hall–Kier alpha value is -2.01. The maximum absolute atomic E-state index is 6.24. The second-order valence-corrected chi connectivity index (χ2v) is 8.28. The lowest BCUT2D eigenvalue weighted by atomic mass is 9.94. The minimum atomic E-state index is -0.225. The first-order valence-electron chi connectivity index (χ1n) is 9.11. The van der Waals surface area contributed by atoms with Gasteiger partial charge in [0, 0.05) is 29.2 Å². The van der Waals surface area contributed by atoms with Gasteiger partial charge in [-0.3, -0.25) is 4.98 Å². The zero-order chi connectivity index (χ0) is 17.7. The van der Waals surface area contributed by atoms with Gasteiger partial charge >= 0.3 is 0 Å². The second-order valence-electron chi connectivity index (χ2n) is 8.28. The predicted molar refractivity (Wildman–Crippen MR) is 98.6 cm³/mol. The van der Waals surface area contributed by atoms with Gasteiger partial charge in [0.2, 0.25) is 0 Å². The Labute approximate surface area is 149 Å². The van der Waals surface area contributed by atoms with Crippen molar-refractivity contribution in [2.75, 3.05) is 5.32 Å². The number of ether oxygens (including phenoxy) is 1. The summed E-state index contributed by atoms with van der Waals surface area (Å²) in [6.45, 7) is 8.63. The largest absolute Gasteiger partial charge is 0.367 e. The fourth-order valence-corrected chi connectivity index (χ4v) is 4.13. The quantitative estimate of drug-likeness (QED) is 0.923. The van der Waals surface area contributed by atoms with Crippen LogP contribution in [-0.2, 0) is 17.6 Å². The third-order valence-electron chi connectivity index (χ3n) is 5.26. The van der Waals surface area contributed by atoms with Crippen LogP contribution in [0.1, 0.15) is 51.8 Å². The average molecular weight is 338 g/mol. The maximum atomic E-state index is 6.24. The lowest BCUT2D eigenvalue weighted by molar-refractivity contribution is -0.0662. The van der Waals surface area contributed by atoms with Crippen molar-refractivity contribution in [2.24, 2.45) is 0 Å². The molecule has 132 valence electrons. The first kappa shape index (κ1) is 16.5. The summed E-state index contributed by atoms with van der Waals surface area (Å²) in [6, 6.07) is 4.16. The molecule has 2 aromatic rings. The van der Waals surface area contributed by atoms with Gasteiger partial charge in [0.05, 0.1) is 17.2 Å². The summed E-state index contributed by atoms with van der Waals surface area (Å²) in [4.78, 5) is 13.8. The highest BCUT2D eigenvalue weighted by Crippen LogP contribution is 2.40. The molecular weight excluding hydrogens is 312 g/mol. The van der Waals surface area contributed by atoms with Gasteiger partial charge in [-0.25, -0.2) is 9.97 Å². The molecule has 1 aliphatic heterocycles. The molecule has 1 saturated heterocycles. The molecule has 2 aromatic heterocycles. The van der Waals surface area contributed by atoms with Gasteiger partial charge in [-0.2, -0.15) is 0 Å². The van der Waals surface area contributed by atoms with Gasteiger partial charge in [-0.15, -0.1) is 0 Å². The molecule has 5 heteroatoms. The molecule has 2 aliphatic rings. The second kappa shape index (κ2) is 5.77. The number of aryl methyl sites for hydroxylation is 1. The topological polar surface area (TPSA) is 59.9 Å². The highest BCUT2D eigenvalue weighted by Gasteiger charge is 2.46. The van der Waals surface area contributed by atoms with Crippen LogP contribution in [0.3, 0.4) is 0 Å². The van der Waals surface area contributed by atoms with Crippen LogP contribution in [0, 0.1) is 0 Å². The van der Waals surface area contributed by atoms with E-state index in [9.17, 15) is 0 Å². The number of hydrogen-bond donors (Lipinski definition) is 1. The Bertz CT molecular complexity index is 786. The SMILES string of the molecule is CC1(C)CC(Nc2nc(-c3ccncc3)nc3c2CCC3)C(C)(C)O1. The number of anilines is 1. The molecule has 0 amide bonds. The molecule has 1 atom stereocenters. The first-order valence-corrected chi connectivity index (χ1v) is 9.11. The summed E-state index contributed by atoms with van der Waals surface area (Å²) < 4.78 is 6.24. The van der Waals surface area contributed by atoms with E-state index < -0.39 is 0 Å². The lowest BCUT2D eigenvalue weighted by Crippen LogP contribution is -2.38. The summed E-state index contributed by atoms with van der Waals surface area (Å²) in [5.74, 6) is 1.76. The van der Waals surface area contributed by atoms with Crippen molar-refractivity contribution in [1.29, 1.82) is 0 Å². The van der Waals surface area contributed by atoms with Crippen LogP contribution in [0.2, 0.25) is 0 Å². The molecule has 25 heavy (non-hydrogen) atoms. The van der Waals surface area contributed by atoms with E-state index in [0.717, 1.165) is 42.9 Å². The Kier molecular flexibility index (Phi) is 3.80. The third kappa shape index (κ3) is 3.13. The molecule has 1 fully saturated rings. The zero-order valence-corrected chi connectivity index (χ0v) is 15.5. The van der Waals surface area contributed by atoms with Crippen LogP contribution in [0.4, 0.5) is 5.82 Å². The van der Waals surface area contributed by atoms with E-state index in [1.165, 1.54) is 11.3 Å². The van der Waals surface area contributed by atoms with Gasteiger partial charge < -0.3 is 10.1 Å². The predicted octanol–water partition coefficient (Wildman–Crippen LogP) is 3.79. The smallest absolute Gasteiger partial charge is 0.161 e. The highest BCUT2D eigenvalue weighted by molar-refractivity contribution is 5.60. The highest BCUT2D eigenvalue weighted by atomic mass is 16.5. The minimum Gasteiger partial charge on any atom is -0.367 e. The van der Waals surface area contributed by atoms with E-state index >= 15 is 0 Å². The van der Waals surface area contributed by atoms with Crippen LogP contribution < -0.4 is 5.32 Å². The summed E-state index contributed by atoms with van der Waals surface area (Å²) in [7, 11) is 0. The summed E-state index contributed by atoms with van der Waals surface area (Å²) in [5.41, 5.74) is 3.12. The molecule has 0 spiro atoms. The van der Waals surface area contributed by atoms with Crippen molar-refractivity contribution < 1.29 is 4.74 Å². The number of pyridine rings is 1. The Morgan fingerprint density at radius 2 is 1.84 bits per heavy atom. The van der Waals surface area contributed by atoms with Crippen molar-refractivity contribution >= 4 is 5.82 Å². The molecule has 3 heterocycles. The molecule has 0 radical (unpaired) electrons. The molecule has 1 N–H and O–H groups in total. The van der Waals surface area contributed by atoms with E-state index in [4.69, 9.17) is 14.7 Å². The zero-order valence-electron chi connectivity index (χ0n) is 15.5. The standard InChI is InChI=1S/C20H26N4O/c1-19(2)12-16(20(3,4)25-19)23-18-14-6-5-7-15(14)22-17(24-18)13-8-10-21-11-9-13/h8-11,16H,5-7,12H2,1-4H3,(H,22,23,24). The number of hydrogen-bond acceptors (Lipinski definition) is 5. The van der Waals surface area contributed by atoms with E-state index in [0.29, 0.717) is 0 Å². The lowest BCUT2D eigenvalue weighted by Gasteiger charge is -2.28. The van der Waals surface area contributed by atoms with E-state index in [1.807, 2.05) is 12.1 Å². The van der Waals surface area contributed by atoms with E-state index in [1.54, 1.807) is 12.4 Å². The van der Waals surface area contributed by atoms with Crippen molar-refractivity contribution in [3.05, 3.63) is 35.8 Å². The van der Waals surface area contributed by atoms with Crippen LogP contribution >= 0.6 is 0 Å². The third-order valence-corrected chi connectivity index (χ3v) is 5.26. The number of rotatable bonds is 3. The Balaban J connectivity index is 1.71. The summed E-state index contributed by atoms with van der Waals surface area (Å²) in [6.07, 6.45) is 7.76. The monoisotopic (exact) mass is 338 g/mol. The van der Waals surface area contributed by atoms with Crippen LogP contribution in [0.5, 0.6) is 0 Å².